The van der Waals surface area contributed by atoms with Crippen LogP contribution in [0.2, 0.25) is 0 Å². The molecule has 4 aromatic rings. The first-order valence-corrected chi connectivity index (χ1v) is 9.79. The molecule has 2 heterocycles. The summed E-state index contributed by atoms with van der Waals surface area (Å²) < 4.78 is 55.4. The predicted octanol–water partition coefficient (Wildman–Crippen LogP) is 4.14. The summed E-state index contributed by atoms with van der Waals surface area (Å²) >= 11 is 1.51. The summed E-state index contributed by atoms with van der Waals surface area (Å²) in [4.78, 5) is 4.72. The van der Waals surface area contributed by atoms with Gasteiger partial charge in [-0.05, 0) is 24.3 Å². The van der Waals surface area contributed by atoms with Crippen molar-refractivity contribution in [2.45, 2.75) is 4.90 Å². The number of sulfonamides is 1. The van der Waals surface area contributed by atoms with Crippen molar-refractivity contribution in [3.8, 4) is 11.3 Å². The van der Waals surface area contributed by atoms with Crippen LogP contribution in [0.15, 0.2) is 65.1 Å². The van der Waals surface area contributed by atoms with Gasteiger partial charge in [0, 0.05) is 35.1 Å². The first kappa shape index (κ1) is 16.7. The highest BCUT2D eigenvalue weighted by molar-refractivity contribution is 7.92. The van der Waals surface area contributed by atoms with E-state index >= 15 is 0 Å². The van der Waals surface area contributed by atoms with Crippen LogP contribution < -0.4 is 4.72 Å². The van der Waals surface area contributed by atoms with Gasteiger partial charge >= 0.3 is 0 Å². The van der Waals surface area contributed by atoms with Gasteiger partial charge in [0.25, 0.3) is 10.0 Å². The number of fused-ring (bicyclic) bond motifs is 1. The molecule has 2 aromatic heterocycles. The molecule has 1 N–H and O–H groups in total. The smallest absolute Gasteiger partial charge is 0.264 e. The number of halogens is 2. The van der Waals surface area contributed by atoms with Crippen LogP contribution >= 0.6 is 11.3 Å². The first-order valence-electron chi connectivity index (χ1n) is 7.43. The molecule has 0 aliphatic carbocycles. The van der Waals surface area contributed by atoms with Crippen LogP contribution in [-0.2, 0) is 10.0 Å². The van der Waals surface area contributed by atoms with Crippen molar-refractivity contribution >= 4 is 32.0 Å². The average Bonchev–Trinajstić information content (AvgIpc) is 3.16. The molecule has 5 nitrogen and oxygen atoms in total. The lowest BCUT2D eigenvalue weighted by Crippen LogP contribution is -2.14. The summed E-state index contributed by atoms with van der Waals surface area (Å²) in [7, 11) is -4.16. The van der Waals surface area contributed by atoms with Crippen molar-refractivity contribution in [2.24, 2.45) is 0 Å². The fourth-order valence-corrected chi connectivity index (χ4v) is 4.30. The lowest BCUT2D eigenvalue weighted by Gasteiger charge is -2.09. The number of hydrogen-bond acceptors (Lipinski definition) is 4. The summed E-state index contributed by atoms with van der Waals surface area (Å²) in [6, 6.07) is 8.85. The van der Waals surface area contributed by atoms with Gasteiger partial charge in [0.15, 0.2) is 4.96 Å². The zero-order valence-corrected chi connectivity index (χ0v) is 14.7. The Morgan fingerprint density at radius 3 is 2.54 bits per heavy atom. The lowest BCUT2D eigenvalue weighted by molar-refractivity contribution is 0.551. The number of imidazole rings is 1. The maximum absolute atomic E-state index is 13.7. The van der Waals surface area contributed by atoms with Gasteiger partial charge in [-0.1, -0.05) is 12.1 Å². The van der Waals surface area contributed by atoms with E-state index in [1.807, 2.05) is 22.2 Å². The number of nitrogens with one attached hydrogen (secondary N) is 1. The number of hydrogen-bond donors (Lipinski definition) is 1. The molecule has 0 saturated heterocycles. The normalized spacial score (nSPS) is 11.8. The number of benzene rings is 2. The molecular formula is C17H11F2N3O2S2. The molecule has 0 fully saturated rings. The Morgan fingerprint density at radius 1 is 1.08 bits per heavy atom. The molecule has 0 radical (unpaired) electrons. The molecule has 0 saturated carbocycles. The minimum atomic E-state index is -4.16. The summed E-state index contributed by atoms with van der Waals surface area (Å²) in [5, 5.41) is 1.93. The number of rotatable bonds is 4. The third-order valence-corrected chi connectivity index (χ3v) is 5.89. The van der Waals surface area contributed by atoms with Gasteiger partial charge < -0.3 is 0 Å². The zero-order valence-electron chi connectivity index (χ0n) is 13.1. The van der Waals surface area contributed by atoms with Crippen molar-refractivity contribution in [3.63, 3.8) is 0 Å². The maximum Gasteiger partial charge on any atom is 0.264 e. The third-order valence-electron chi connectivity index (χ3n) is 3.71. The zero-order chi connectivity index (χ0) is 18.3. The van der Waals surface area contributed by atoms with Crippen LogP contribution in [-0.4, -0.2) is 17.8 Å². The third kappa shape index (κ3) is 3.06. The van der Waals surface area contributed by atoms with Crippen LogP contribution in [0.5, 0.6) is 0 Å². The van der Waals surface area contributed by atoms with E-state index in [0.29, 0.717) is 6.07 Å². The Kier molecular flexibility index (Phi) is 3.97. The highest BCUT2D eigenvalue weighted by Crippen LogP contribution is 2.25. The molecule has 4 rings (SSSR count). The van der Waals surface area contributed by atoms with Gasteiger partial charge in [-0.25, -0.2) is 22.2 Å². The fraction of sp³-hybridized carbons (Fsp3) is 0. The summed E-state index contributed by atoms with van der Waals surface area (Å²) in [5.41, 5.74) is 1.84. The molecule has 0 aliphatic rings. The summed E-state index contributed by atoms with van der Waals surface area (Å²) in [6.45, 7) is 0. The van der Waals surface area contributed by atoms with Crippen LogP contribution in [0.3, 0.4) is 0 Å². The van der Waals surface area contributed by atoms with Crippen molar-refractivity contribution in [2.75, 3.05) is 4.72 Å². The summed E-state index contributed by atoms with van der Waals surface area (Å²) in [5.74, 6) is -1.99. The van der Waals surface area contributed by atoms with Crippen molar-refractivity contribution in [1.29, 1.82) is 0 Å². The second-order valence-electron chi connectivity index (χ2n) is 5.48. The van der Waals surface area contributed by atoms with E-state index in [4.69, 9.17) is 0 Å². The standard InChI is InChI=1S/C17H11F2N3O2S2/c18-12-3-6-16(14(19)9-12)26(23,24)21-13-4-1-11(2-5-13)15-10-22-7-8-25-17(22)20-15/h1-10,21H. The predicted molar refractivity (Wildman–Crippen MR) is 95.7 cm³/mol. The molecular weight excluding hydrogens is 380 g/mol. The van der Waals surface area contributed by atoms with Crippen molar-refractivity contribution in [1.82, 2.24) is 9.38 Å². The minimum absolute atomic E-state index is 0.262. The van der Waals surface area contributed by atoms with E-state index in [9.17, 15) is 17.2 Å². The molecule has 0 unspecified atom stereocenters. The molecule has 26 heavy (non-hydrogen) atoms. The molecule has 0 bridgehead atoms. The van der Waals surface area contributed by atoms with Crippen LogP contribution in [0.25, 0.3) is 16.2 Å². The van der Waals surface area contributed by atoms with Crippen molar-refractivity contribution < 1.29 is 17.2 Å². The SMILES string of the molecule is O=S(=O)(Nc1ccc(-c2cn3ccsc3n2)cc1)c1ccc(F)cc1F. The molecule has 132 valence electrons. The van der Waals surface area contributed by atoms with Gasteiger partial charge in [-0.2, -0.15) is 0 Å². The van der Waals surface area contributed by atoms with Crippen LogP contribution in [0.4, 0.5) is 14.5 Å². The van der Waals surface area contributed by atoms with Gasteiger partial charge in [0.1, 0.15) is 16.5 Å². The van der Waals surface area contributed by atoms with Gasteiger partial charge in [-0.3, -0.25) is 9.12 Å². The average molecular weight is 391 g/mol. The lowest BCUT2D eigenvalue weighted by atomic mass is 10.1. The molecule has 0 amide bonds. The first-order chi connectivity index (χ1) is 12.4. The molecule has 0 atom stereocenters. The minimum Gasteiger partial charge on any atom is -0.297 e. The second kappa shape index (κ2) is 6.19. The topological polar surface area (TPSA) is 63.5 Å². The summed E-state index contributed by atoms with van der Waals surface area (Å²) in [6.07, 6.45) is 3.77. The Morgan fingerprint density at radius 2 is 1.85 bits per heavy atom. The Hall–Kier alpha value is -2.78. The van der Waals surface area contributed by atoms with Crippen LogP contribution in [0.1, 0.15) is 0 Å². The quantitative estimate of drug-likeness (QED) is 0.569. The Labute approximate surface area is 151 Å². The van der Waals surface area contributed by atoms with E-state index in [1.165, 1.54) is 11.3 Å². The fourth-order valence-electron chi connectivity index (χ4n) is 2.48. The van der Waals surface area contributed by atoms with E-state index < -0.39 is 26.6 Å². The number of anilines is 1. The number of thiazole rings is 1. The van der Waals surface area contributed by atoms with E-state index in [-0.39, 0.29) is 5.69 Å². The molecule has 9 heteroatoms. The largest absolute Gasteiger partial charge is 0.297 e. The number of aromatic nitrogens is 2. The van der Waals surface area contributed by atoms with Gasteiger partial charge in [-0.15, -0.1) is 11.3 Å². The number of nitrogens with zero attached hydrogens (tertiary/aromatic N) is 2. The molecule has 0 aliphatic heterocycles. The second-order valence-corrected chi connectivity index (χ2v) is 8.00. The molecule has 2 aromatic carbocycles. The Balaban J connectivity index is 1.59. The van der Waals surface area contributed by atoms with E-state index in [1.54, 1.807) is 24.3 Å². The molecule has 0 spiro atoms. The van der Waals surface area contributed by atoms with Gasteiger partial charge in [0.05, 0.1) is 5.69 Å². The van der Waals surface area contributed by atoms with Crippen LogP contribution in [0, 0.1) is 11.6 Å². The van der Waals surface area contributed by atoms with E-state index in [2.05, 4.69) is 9.71 Å². The van der Waals surface area contributed by atoms with Crippen molar-refractivity contribution in [3.05, 3.63) is 71.9 Å². The highest BCUT2D eigenvalue weighted by atomic mass is 32.2. The highest BCUT2D eigenvalue weighted by Gasteiger charge is 2.19. The monoisotopic (exact) mass is 391 g/mol. The Bertz CT molecular complexity index is 1170. The maximum atomic E-state index is 13.7. The van der Waals surface area contributed by atoms with Gasteiger partial charge in [0.2, 0.25) is 0 Å². The van der Waals surface area contributed by atoms with E-state index in [0.717, 1.165) is 28.4 Å².